The molecule has 0 amide bonds. The van der Waals surface area contributed by atoms with Crippen LogP contribution in [0.2, 0.25) is 0 Å². The summed E-state index contributed by atoms with van der Waals surface area (Å²) in [6.45, 7) is 0. The second kappa shape index (κ2) is 11.0. The molecule has 0 spiro atoms. The normalized spacial score (nSPS) is 28.5. The van der Waals surface area contributed by atoms with Gasteiger partial charge >= 0.3 is 17.4 Å². The summed E-state index contributed by atoms with van der Waals surface area (Å²) in [5.74, 6) is -4.11. The molecule has 0 aromatic carbocycles. The fourth-order valence-corrected chi connectivity index (χ4v) is 2.49. The van der Waals surface area contributed by atoms with Crippen molar-refractivity contribution >= 4 is 23.9 Å². The van der Waals surface area contributed by atoms with Gasteiger partial charge in [-0.2, -0.15) is 0 Å². The molecule has 4 unspecified atom stereocenters. The van der Waals surface area contributed by atoms with Crippen molar-refractivity contribution in [2.45, 2.75) is 62.7 Å². The van der Waals surface area contributed by atoms with Gasteiger partial charge < -0.3 is 31.1 Å². The third kappa shape index (κ3) is 7.83. The molecule has 2 aliphatic rings. The van der Waals surface area contributed by atoms with Crippen molar-refractivity contribution in [1.29, 1.82) is 0 Å². The maximum atomic E-state index is 10.4. The number of carbonyl (C=O) groups is 4. The Morgan fingerprint density at radius 1 is 0.560 bits per heavy atom. The van der Waals surface area contributed by atoms with E-state index >= 15 is 0 Å². The first-order valence-electron chi connectivity index (χ1n) is 7.53. The first-order valence-corrected chi connectivity index (χ1v) is 7.53. The van der Waals surface area contributed by atoms with Gasteiger partial charge in [0.05, 0.1) is 0 Å². The van der Waals surface area contributed by atoms with Gasteiger partial charge in [0.15, 0.2) is 0 Å². The molecular weight excluding hydrogens is 376 g/mol. The van der Waals surface area contributed by atoms with Crippen LogP contribution in [0, 0.1) is 0 Å². The molecule has 0 radical (unpaired) electrons. The minimum Gasteiger partial charge on any atom is -0.638 e. The van der Waals surface area contributed by atoms with E-state index in [1.54, 1.807) is 0 Å². The molecule has 0 aliphatic carbocycles. The van der Waals surface area contributed by atoms with Crippen LogP contribution in [0.4, 0.5) is 0 Å². The van der Waals surface area contributed by atoms with Crippen molar-refractivity contribution in [3.63, 3.8) is 0 Å². The third-order valence-corrected chi connectivity index (χ3v) is 3.77. The van der Waals surface area contributed by atoms with Crippen LogP contribution in [-0.2, 0) is 36.5 Å². The van der Waals surface area contributed by atoms with Crippen LogP contribution in [-0.4, -0.2) is 68.5 Å². The summed E-state index contributed by atoms with van der Waals surface area (Å²) in [5, 5.41) is 41.6. The average molecular weight is 396 g/mol. The topological polar surface area (TPSA) is 177 Å². The van der Waals surface area contributed by atoms with Crippen molar-refractivity contribution in [2.75, 3.05) is 0 Å². The van der Waals surface area contributed by atoms with E-state index in [1.165, 1.54) is 0 Å². The molecule has 10 nitrogen and oxygen atoms in total. The van der Waals surface area contributed by atoms with Crippen molar-refractivity contribution in [1.82, 2.24) is 0 Å². The fraction of sp³-hybridized carbons (Fsp3) is 0.714. The first-order chi connectivity index (χ1) is 11.2. The maximum Gasteiger partial charge on any atom is 2.00 e. The van der Waals surface area contributed by atoms with Gasteiger partial charge in [-0.05, 0) is 24.2 Å². The molecule has 2 fully saturated rings. The van der Waals surface area contributed by atoms with Gasteiger partial charge in [-0.1, -0.05) is 38.5 Å². The second-order valence-corrected chi connectivity index (χ2v) is 5.58. The quantitative estimate of drug-likeness (QED) is 0.541. The summed E-state index contributed by atoms with van der Waals surface area (Å²) in [4.78, 5) is 41.7. The fourth-order valence-electron chi connectivity index (χ4n) is 2.49. The Balaban J connectivity index is 0.000000443. The summed E-state index contributed by atoms with van der Waals surface area (Å²) in [6, 6.07) is -3.28. The largest absolute Gasteiger partial charge is 2.00 e. The van der Waals surface area contributed by atoms with Crippen LogP contribution >= 0.6 is 0 Å². The number of piperidine rings is 2. The van der Waals surface area contributed by atoms with Gasteiger partial charge in [-0.3, -0.25) is 19.2 Å². The molecular formula is C14H20CrN2O8. The van der Waals surface area contributed by atoms with E-state index in [9.17, 15) is 19.2 Å². The predicted octanol–water partition coefficient (Wildman–Crippen LogP) is 0.898. The molecule has 2 rings (SSSR count). The van der Waals surface area contributed by atoms with Gasteiger partial charge in [0, 0.05) is 0 Å². The molecule has 4 N–H and O–H groups in total. The van der Waals surface area contributed by atoms with Gasteiger partial charge in [-0.15, -0.1) is 0 Å². The SMILES string of the molecule is O=C(O)C1CCCC(C(=O)O)[N-]1.O=C(O)C1CCCC(C(=O)O)[N-]1.[Cr+2]. The average Bonchev–Trinajstić information content (AvgIpc) is 2.55. The zero-order valence-corrected chi connectivity index (χ0v) is 14.6. The number of aliphatic carboxylic acids is 4. The van der Waals surface area contributed by atoms with Crippen LogP contribution in [0.25, 0.3) is 10.6 Å². The van der Waals surface area contributed by atoms with Crippen molar-refractivity contribution < 1.29 is 57.0 Å². The summed E-state index contributed by atoms with van der Waals surface area (Å²) in [5.41, 5.74) is 0. The Morgan fingerprint density at radius 2 is 0.760 bits per heavy atom. The minimum absolute atomic E-state index is 0. The van der Waals surface area contributed by atoms with E-state index < -0.39 is 48.0 Å². The Morgan fingerprint density at radius 3 is 0.920 bits per heavy atom. The van der Waals surface area contributed by atoms with E-state index in [0.717, 1.165) is 0 Å². The van der Waals surface area contributed by atoms with Crippen LogP contribution in [0.1, 0.15) is 38.5 Å². The molecule has 0 aromatic heterocycles. The minimum atomic E-state index is -1.03. The maximum absolute atomic E-state index is 10.4. The zero-order valence-electron chi connectivity index (χ0n) is 13.3. The van der Waals surface area contributed by atoms with Crippen molar-refractivity contribution in [2.24, 2.45) is 0 Å². The van der Waals surface area contributed by atoms with Gasteiger partial charge in [0.25, 0.3) is 23.9 Å². The first kappa shape index (κ1) is 23.3. The number of nitrogens with zero attached hydrogens (tertiary/aromatic N) is 2. The summed E-state index contributed by atoms with van der Waals surface area (Å²) in [6.07, 6.45) is 3.07. The zero-order chi connectivity index (χ0) is 18.3. The molecule has 11 heteroatoms. The van der Waals surface area contributed by atoms with Crippen LogP contribution in [0.15, 0.2) is 0 Å². The molecule has 25 heavy (non-hydrogen) atoms. The second-order valence-electron chi connectivity index (χ2n) is 5.58. The van der Waals surface area contributed by atoms with E-state index in [1.807, 2.05) is 0 Å². The number of carboxylic acid groups (broad SMARTS) is 4. The van der Waals surface area contributed by atoms with Crippen LogP contribution in [0.3, 0.4) is 0 Å². The summed E-state index contributed by atoms with van der Waals surface area (Å²) < 4.78 is 0. The number of carboxylic acids is 4. The van der Waals surface area contributed by atoms with Gasteiger partial charge in [-0.25, -0.2) is 0 Å². The molecule has 2 aliphatic heterocycles. The summed E-state index contributed by atoms with van der Waals surface area (Å²) >= 11 is 0. The smallest absolute Gasteiger partial charge is 0.638 e. The number of hydrogen-bond acceptors (Lipinski definition) is 4. The molecule has 0 bridgehead atoms. The molecule has 0 aromatic rings. The molecule has 0 saturated carbocycles. The molecule has 140 valence electrons. The molecule has 2 saturated heterocycles. The number of hydrogen-bond donors (Lipinski definition) is 4. The van der Waals surface area contributed by atoms with E-state index in [2.05, 4.69) is 10.6 Å². The standard InChI is InChI=1S/2C7H10NO4.Cr/c2*9-6(10)4-2-1-3-5(8-4)7(11)12;/h2*4-5H,1-3H2,(H,9,10)(H,11,12);/q2*-1;+2. The molecule has 2 heterocycles. The van der Waals surface area contributed by atoms with Crippen LogP contribution < -0.4 is 0 Å². The Kier molecular flexibility index (Phi) is 10.3. The van der Waals surface area contributed by atoms with Gasteiger partial charge in [0.1, 0.15) is 0 Å². The van der Waals surface area contributed by atoms with Gasteiger partial charge in [0.2, 0.25) is 0 Å². The van der Waals surface area contributed by atoms with E-state index in [-0.39, 0.29) is 17.4 Å². The monoisotopic (exact) mass is 396 g/mol. The number of rotatable bonds is 4. The van der Waals surface area contributed by atoms with E-state index in [4.69, 9.17) is 20.4 Å². The van der Waals surface area contributed by atoms with E-state index in [0.29, 0.717) is 38.5 Å². The summed E-state index contributed by atoms with van der Waals surface area (Å²) in [7, 11) is 0. The third-order valence-electron chi connectivity index (χ3n) is 3.77. The van der Waals surface area contributed by atoms with Crippen molar-refractivity contribution in [3.8, 4) is 0 Å². The Labute approximate surface area is 154 Å². The Bertz CT molecular complexity index is 417. The van der Waals surface area contributed by atoms with Crippen molar-refractivity contribution in [3.05, 3.63) is 10.6 Å². The Hall–Kier alpha value is -1.67. The van der Waals surface area contributed by atoms with Crippen LogP contribution in [0.5, 0.6) is 0 Å². The predicted molar refractivity (Wildman–Crippen MR) is 80.1 cm³/mol. The molecule has 4 atom stereocenters.